The molecule has 4 aromatic rings. The lowest BCUT2D eigenvalue weighted by molar-refractivity contribution is -0.133. The summed E-state index contributed by atoms with van der Waals surface area (Å²) in [5, 5.41) is 16.6. The van der Waals surface area contributed by atoms with Crippen LogP contribution in [0.5, 0.6) is 11.5 Å². The van der Waals surface area contributed by atoms with Gasteiger partial charge in [-0.15, -0.1) is 16.4 Å². The summed E-state index contributed by atoms with van der Waals surface area (Å²) < 4.78 is 12.5. The van der Waals surface area contributed by atoms with Crippen LogP contribution in [0.1, 0.15) is 22.9 Å². The lowest BCUT2D eigenvalue weighted by atomic mass is 10.0. The predicted molar refractivity (Wildman–Crippen MR) is 122 cm³/mol. The Morgan fingerprint density at radius 3 is 2.72 bits per heavy atom. The first-order valence-corrected chi connectivity index (χ1v) is 11.0. The van der Waals surface area contributed by atoms with E-state index < -0.39 is 0 Å². The van der Waals surface area contributed by atoms with E-state index >= 15 is 0 Å². The Morgan fingerprint density at radius 2 is 1.94 bits per heavy atom. The molecule has 1 amide bonds. The van der Waals surface area contributed by atoms with Crippen molar-refractivity contribution < 1.29 is 14.3 Å². The zero-order valence-corrected chi connectivity index (χ0v) is 18.5. The van der Waals surface area contributed by atoms with Gasteiger partial charge in [0.2, 0.25) is 0 Å². The Hall–Kier alpha value is -3.72. The van der Waals surface area contributed by atoms with Gasteiger partial charge in [-0.2, -0.15) is 5.10 Å². The van der Waals surface area contributed by atoms with E-state index in [1.54, 1.807) is 35.2 Å². The van der Waals surface area contributed by atoms with Gasteiger partial charge in [0.25, 0.3) is 5.91 Å². The first kappa shape index (κ1) is 20.2. The van der Waals surface area contributed by atoms with Crippen molar-refractivity contribution in [2.75, 3.05) is 14.2 Å². The minimum absolute atomic E-state index is 0.0471. The van der Waals surface area contributed by atoms with Crippen molar-refractivity contribution in [1.29, 1.82) is 0 Å². The molecular formula is C23H21N5O3S. The molecule has 0 aliphatic carbocycles. The summed E-state index contributed by atoms with van der Waals surface area (Å²) in [6.45, 7) is 0.0471. The monoisotopic (exact) mass is 447 g/mol. The molecule has 1 atom stereocenters. The van der Waals surface area contributed by atoms with Crippen molar-refractivity contribution in [3.63, 3.8) is 0 Å². The van der Waals surface area contributed by atoms with Gasteiger partial charge >= 0.3 is 0 Å². The number of carbonyl (C=O) groups is 1. The Kier molecular flexibility index (Phi) is 5.32. The number of fused-ring (bicyclic) bond motifs is 1. The number of para-hydroxylation sites is 1. The smallest absolute Gasteiger partial charge is 0.265 e. The molecule has 0 fully saturated rings. The number of rotatable bonds is 6. The zero-order valence-electron chi connectivity index (χ0n) is 17.6. The summed E-state index contributed by atoms with van der Waals surface area (Å²) in [5.74, 6) is 1.09. The van der Waals surface area contributed by atoms with Crippen LogP contribution in [-0.4, -0.2) is 45.8 Å². The van der Waals surface area contributed by atoms with E-state index in [1.807, 2.05) is 60.0 Å². The molecule has 0 N–H and O–H groups in total. The fraction of sp³-hybridized carbons (Fsp3) is 0.217. The summed E-state index contributed by atoms with van der Waals surface area (Å²) >= 11 is 1.61. The van der Waals surface area contributed by atoms with Gasteiger partial charge < -0.3 is 9.47 Å². The number of hydrogen-bond donors (Lipinski definition) is 0. The Bertz CT molecular complexity index is 1300. The van der Waals surface area contributed by atoms with Crippen molar-refractivity contribution in [2.24, 2.45) is 5.10 Å². The van der Waals surface area contributed by atoms with Gasteiger partial charge in [0, 0.05) is 6.42 Å². The molecule has 1 unspecified atom stereocenters. The SMILES string of the molecule is COc1ccc(C2CC(c3cccs3)=NN2C(=O)Cn2nnc3ccccc32)cc1OC. The maximum absolute atomic E-state index is 13.4. The molecule has 9 heteroatoms. The van der Waals surface area contributed by atoms with E-state index in [1.165, 1.54) is 0 Å². The molecule has 0 spiro atoms. The third-order valence-corrected chi connectivity index (χ3v) is 6.39. The Morgan fingerprint density at radius 1 is 1.09 bits per heavy atom. The topological polar surface area (TPSA) is 81.8 Å². The number of ether oxygens (including phenoxy) is 2. The number of hydrazone groups is 1. The highest BCUT2D eigenvalue weighted by Gasteiger charge is 2.34. The van der Waals surface area contributed by atoms with E-state index in [2.05, 4.69) is 10.3 Å². The van der Waals surface area contributed by atoms with E-state index in [4.69, 9.17) is 14.6 Å². The van der Waals surface area contributed by atoms with Crippen LogP contribution in [0.3, 0.4) is 0 Å². The molecule has 0 saturated carbocycles. The molecule has 1 aliphatic rings. The molecule has 0 bridgehead atoms. The van der Waals surface area contributed by atoms with Crippen LogP contribution in [-0.2, 0) is 11.3 Å². The number of methoxy groups -OCH3 is 2. The summed E-state index contributed by atoms with van der Waals surface area (Å²) in [6.07, 6.45) is 0.611. The third kappa shape index (κ3) is 3.60. The number of benzene rings is 2. The van der Waals surface area contributed by atoms with Crippen molar-refractivity contribution in [1.82, 2.24) is 20.0 Å². The first-order valence-electron chi connectivity index (χ1n) is 10.1. The van der Waals surface area contributed by atoms with Crippen LogP contribution >= 0.6 is 11.3 Å². The van der Waals surface area contributed by atoms with Crippen LogP contribution in [0.15, 0.2) is 65.1 Å². The number of thiophene rings is 1. The van der Waals surface area contributed by atoms with E-state index in [0.29, 0.717) is 17.9 Å². The molecule has 0 saturated heterocycles. The number of amides is 1. The minimum atomic E-state index is -0.255. The number of nitrogens with zero attached hydrogens (tertiary/aromatic N) is 5. The van der Waals surface area contributed by atoms with Crippen LogP contribution in [0.4, 0.5) is 0 Å². The maximum atomic E-state index is 13.4. The summed E-state index contributed by atoms with van der Waals surface area (Å²) in [7, 11) is 3.20. The highest BCUT2D eigenvalue weighted by atomic mass is 32.1. The van der Waals surface area contributed by atoms with Gasteiger partial charge in [-0.05, 0) is 41.3 Å². The summed E-state index contributed by atoms with van der Waals surface area (Å²) in [5.41, 5.74) is 3.37. The summed E-state index contributed by atoms with van der Waals surface area (Å²) in [4.78, 5) is 14.5. The van der Waals surface area contributed by atoms with Gasteiger partial charge in [0.1, 0.15) is 12.1 Å². The zero-order chi connectivity index (χ0) is 22.1. The van der Waals surface area contributed by atoms with Gasteiger partial charge in [-0.25, -0.2) is 9.69 Å². The molecular weight excluding hydrogens is 426 g/mol. The maximum Gasteiger partial charge on any atom is 0.265 e. The van der Waals surface area contributed by atoms with Gasteiger partial charge in [0.05, 0.1) is 36.4 Å². The molecule has 2 aromatic carbocycles. The predicted octanol–water partition coefficient (Wildman–Crippen LogP) is 3.89. The second-order valence-corrected chi connectivity index (χ2v) is 8.28. The molecule has 2 aromatic heterocycles. The lowest BCUT2D eigenvalue weighted by Crippen LogP contribution is -2.30. The highest BCUT2D eigenvalue weighted by molar-refractivity contribution is 7.12. The van der Waals surface area contributed by atoms with Crippen LogP contribution in [0, 0.1) is 0 Å². The molecule has 5 rings (SSSR count). The molecule has 32 heavy (non-hydrogen) atoms. The Balaban J connectivity index is 1.49. The molecule has 3 heterocycles. The van der Waals surface area contributed by atoms with Crippen molar-refractivity contribution in [3.8, 4) is 11.5 Å². The summed E-state index contributed by atoms with van der Waals surface area (Å²) in [6, 6.07) is 17.0. The Labute approximate surface area is 188 Å². The fourth-order valence-corrected chi connectivity index (χ4v) is 4.61. The first-order chi connectivity index (χ1) is 15.7. The average Bonchev–Trinajstić information content (AvgIpc) is 3.58. The van der Waals surface area contributed by atoms with Gasteiger partial charge in [0.15, 0.2) is 11.5 Å². The van der Waals surface area contributed by atoms with Crippen LogP contribution in [0.25, 0.3) is 11.0 Å². The highest BCUT2D eigenvalue weighted by Crippen LogP contribution is 2.38. The average molecular weight is 448 g/mol. The number of aromatic nitrogens is 3. The molecule has 8 nitrogen and oxygen atoms in total. The van der Waals surface area contributed by atoms with Gasteiger partial charge in [-0.1, -0.05) is 29.5 Å². The third-order valence-electron chi connectivity index (χ3n) is 5.47. The van der Waals surface area contributed by atoms with Crippen LogP contribution in [0.2, 0.25) is 0 Å². The molecule has 1 aliphatic heterocycles. The number of carbonyl (C=O) groups excluding carboxylic acids is 1. The second-order valence-electron chi connectivity index (χ2n) is 7.33. The van der Waals surface area contributed by atoms with Crippen LogP contribution < -0.4 is 9.47 Å². The van der Waals surface area contributed by atoms with Crippen molar-refractivity contribution >= 4 is 34.0 Å². The van der Waals surface area contributed by atoms with E-state index in [-0.39, 0.29) is 18.5 Å². The normalized spacial score (nSPS) is 15.8. The second kappa shape index (κ2) is 8.43. The van der Waals surface area contributed by atoms with Gasteiger partial charge in [-0.3, -0.25) is 4.79 Å². The largest absolute Gasteiger partial charge is 0.493 e. The quantitative estimate of drug-likeness (QED) is 0.448. The molecule has 162 valence electrons. The fourth-order valence-electron chi connectivity index (χ4n) is 3.89. The minimum Gasteiger partial charge on any atom is -0.493 e. The lowest BCUT2D eigenvalue weighted by Gasteiger charge is -2.23. The van der Waals surface area contributed by atoms with E-state index in [0.717, 1.165) is 27.2 Å². The van der Waals surface area contributed by atoms with E-state index in [9.17, 15) is 4.79 Å². The van der Waals surface area contributed by atoms with Crippen molar-refractivity contribution in [3.05, 3.63) is 70.4 Å². The standard InChI is InChI=1S/C23H21N5O3S/c1-30-20-10-9-15(12-21(20)31-2)19-13-17(22-8-5-11-32-22)25-28(19)23(29)14-27-18-7-4-3-6-16(18)24-26-27/h3-12,19H,13-14H2,1-2H3. The number of hydrogen-bond acceptors (Lipinski definition) is 7. The van der Waals surface area contributed by atoms with Crippen molar-refractivity contribution in [2.45, 2.75) is 19.0 Å². The molecule has 0 radical (unpaired) electrons.